The van der Waals surface area contributed by atoms with Crippen LogP contribution in [0.4, 0.5) is 11.4 Å². The molecule has 2 atom stereocenters. The fourth-order valence-electron chi connectivity index (χ4n) is 3.38. The number of para-hydroxylation sites is 2. The van der Waals surface area contributed by atoms with Crippen molar-refractivity contribution in [1.29, 1.82) is 0 Å². The van der Waals surface area contributed by atoms with Crippen LogP contribution in [0.3, 0.4) is 0 Å². The van der Waals surface area contributed by atoms with Crippen LogP contribution in [0.2, 0.25) is 0 Å². The summed E-state index contributed by atoms with van der Waals surface area (Å²) in [5.41, 5.74) is 2.68. The average molecular weight is 424 g/mol. The molecular formula is C24H29N2O3P. The van der Waals surface area contributed by atoms with E-state index in [-0.39, 0.29) is 0 Å². The molecule has 3 aromatic carbocycles. The predicted molar refractivity (Wildman–Crippen MR) is 125 cm³/mol. The van der Waals surface area contributed by atoms with Crippen LogP contribution in [0.5, 0.6) is 5.75 Å². The molecule has 0 aliphatic heterocycles. The number of nitrogens with one attached hydrogen (secondary N) is 1. The second-order valence-corrected chi connectivity index (χ2v) is 9.57. The number of hydrogen-bond donors (Lipinski definition) is 1. The van der Waals surface area contributed by atoms with Gasteiger partial charge in [-0.25, -0.2) is 0 Å². The molecule has 0 aliphatic carbocycles. The zero-order valence-corrected chi connectivity index (χ0v) is 18.8. The smallest absolute Gasteiger partial charge is 0.258 e. The van der Waals surface area contributed by atoms with Gasteiger partial charge in [-0.15, -0.1) is 0 Å². The van der Waals surface area contributed by atoms with Crippen molar-refractivity contribution >= 4 is 24.0 Å². The summed E-state index contributed by atoms with van der Waals surface area (Å²) in [6.07, 6.45) is 0. The van der Waals surface area contributed by atoms with E-state index in [2.05, 4.69) is 5.32 Å². The lowest BCUT2D eigenvalue weighted by atomic mass is 10.2. The normalized spacial score (nSPS) is 13.9. The van der Waals surface area contributed by atoms with Crippen molar-refractivity contribution in [2.24, 2.45) is 0 Å². The minimum absolute atomic E-state index is 0.328. The number of hydrogen-bond acceptors (Lipinski definition) is 5. The molecule has 0 saturated carbocycles. The monoisotopic (exact) mass is 424 g/mol. The molecule has 30 heavy (non-hydrogen) atoms. The molecule has 158 valence electrons. The third-order valence-electron chi connectivity index (χ3n) is 4.90. The van der Waals surface area contributed by atoms with Gasteiger partial charge in [-0.3, -0.25) is 4.57 Å². The predicted octanol–water partition coefficient (Wildman–Crippen LogP) is 5.51. The van der Waals surface area contributed by atoms with Gasteiger partial charge in [0.05, 0.1) is 13.7 Å². The molecular weight excluding hydrogens is 395 g/mol. The molecule has 0 fully saturated rings. The van der Waals surface area contributed by atoms with E-state index in [0.717, 1.165) is 16.9 Å². The van der Waals surface area contributed by atoms with E-state index in [1.807, 2.05) is 105 Å². The van der Waals surface area contributed by atoms with Crippen LogP contribution in [0.25, 0.3) is 0 Å². The quantitative estimate of drug-likeness (QED) is 0.459. The third kappa shape index (κ3) is 4.69. The fraction of sp³-hybridized carbons (Fsp3) is 0.250. The van der Waals surface area contributed by atoms with Gasteiger partial charge in [-0.05, 0) is 49.4 Å². The molecule has 5 nitrogen and oxygen atoms in total. The summed E-state index contributed by atoms with van der Waals surface area (Å²) in [6, 6.07) is 25.1. The molecule has 3 rings (SSSR count). The van der Waals surface area contributed by atoms with Gasteiger partial charge in [0.2, 0.25) is 0 Å². The van der Waals surface area contributed by atoms with Crippen LogP contribution < -0.4 is 20.3 Å². The van der Waals surface area contributed by atoms with Crippen LogP contribution in [-0.4, -0.2) is 27.8 Å². The summed E-state index contributed by atoms with van der Waals surface area (Å²) in [5.74, 6) is 0.0528. The Morgan fingerprint density at radius 3 is 2.17 bits per heavy atom. The Hall–Kier alpha value is -2.75. The van der Waals surface area contributed by atoms with Crippen molar-refractivity contribution in [1.82, 2.24) is 0 Å². The second-order valence-electron chi connectivity index (χ2n) is 7.08. The first-order valence-corrected chi connectivity index (χ1v) is 11.7. The van der Waals surface area contributed by atoms with Gasteiger partial charge >= 0.3 is 0 Å². The molecule has 1 N–H and O–H groups in total. The van der Waals surface area contributed by atoms with Crippen LogP contribution in [0.15, 0.2) is 78.9 Å². The summed E-state index contributed by atoms with van der Waals surface area (Å²) >= 11 is 0. The van der Waals surface area contributed by atoms with E-state index in [1.54, 1.807) is 7.11 Å². The maximum absolute atomic E-state index is 14.5. The third-order valence-corrected chi connectivity index (χ3v) is 7.64. The number of anilines is 2. The molecule has 0 radical (unpaired) electrons. The van der Waals surface area contributed by atoms with Gasteiger partial charge in [0, 0.05) is 36.3 Å². The summed E-state index contributed by atoms with van der Waals surface area (Å²) in [6.45, 7) is 2.19. The minimum atomic E-state index is -3.37. The van der Waals surface area contributed by atoms with Gasteiger partial charge in [0.1, 0.15) is 11.5 Å². The summed E-state index contributed by atoms with van der Waals surface area (Å²) in [7, 11) is 2.21. The second kappa shape index (κ2) is 9.84. The topological polar surface area (TPSA) is 50.8 Å². The first kappa shape index (κ1) is 21.9. The molecule has 0 bridgehead atoms. The Morgan fingerprint density at radius 1 is 0.933 bits per heavy atom. The molecule has 0 aromatic heterocycles. The van der Waals surface area contributed by atoms with E-state index < -0.39 is 13.2 Å². The highest BCUT2D eigenvalue weighted by molar-refractivity contribution is 7.67. The Kier molecular flexibility index (Phi) is 7.20. The zero-order valence-electron chi connectivity index (χ0n) is 17.9. The van der Waals surface area contributed by atoms with E-state index in [9.17, 15) is 4.57 Å². The van der Waals surface area contributed by atoms with Gasteiger partial charge in [-0.2, -0.15) is 0 Å². The SMILES string of the molecule is CCO[P@](=O)(c1ccc(N(C)C)cc1)[C@@H](Nc1ccccc1)c1ccccc1OC. The highest BCUT2D eigenvalue weighted by atomic mass is 31.2. The Morgan fingerprint density at radius 2 is 1.57 bits per heavy atom. The van der Waals surface area contributed by atoms with E-state index in [4.69, 9.17) is 9.26 Å². The highest BCUT2D eigenvalue weighted by Crippen LogP contribution is 2.60. The number of rotatable bonds is 9. The Labute approximate surface area is 179 Å². The van der Waals surface area contributed by atoms with Gasteiger partial charge < -0.3 is 19.5 Å². The summed E-state index contributed by atoms with van der Waals surface area (Å²) in [4.78, 5) is 2.01. The maximum Gasteiger partial charge on any atom is 0.258 e. The molecule has 0 spiro atoms. The molecule has 0 unspecified atom stereocenters. The summed E-state index contributed by atoms with van der Waals surface area (Å²) in [5, 5.41) is 4.11. The highest BCUT2D eigenvalue weighted by Gasteiger charge is 2.39. The first-order chi connectivity index (χ1) is 14.5. The summed E-state index contributed by atoms with van der Waals surface area (Å²) < 4.78 is 26.1. The average Bonchev–Trinajstić information content (AvgIpc) is 2.78. The minimum Gasteiger partial charge on any atom is -0.496 e. The van der Waals surface area contributed by atoms with Crippen molar-refractivity contribution in [3.05, 3.63) is 84.4 Å². The van der Waals surface area contributed by atoms with Crippen LogP contribution in [-0.2, 0) is 9.09 Å². The standard InChI is InChI=1S/C24H29N2O3P/c1-5-29-30(27,21-17-15-20(16-18-21)26(2)3)24(25-19-11-7-6-8-12-19)22-13-9-10-14-23(22)28-4/h6-18,24-25H,5H2,1-4H3/t24-,30-/m1/s1. The Bertz CT molecular complexity index is 991. The zero-order chi connectivity index (χ0) is 21.6. The van der Waals surface area contributed by atoms with Crippen molar-refractivity contribution in [2.45, 2.75) is 12.7 Å². The maximum atomic E-state index is 14.5. The van der Waals surface area contributed by atoms with Gasteiger partial charge in [-0.1, -0.05) is 36.4 Å². The lowest BCUT2D eigenvalue weighted by Crippen LogP contribution is -2.21. The molecule has 3 aromatic rings. The lowest BCUT2D eigenvalue weighted by Gasteiger charge is -2.30. The van der Waals surface area contributed by atoms with Crippen molar-refractivity contribution in [3.8, 4) is 5.75 Å². The number of benzene rings is 3. The van der Waals surface area contributed by atoms with Crippen LogP contribution in [0.1, 0.15) is 18.3 Å². The molecule has 0 saturated heterocycles. The number of ether oxygens (including phenoxy) is 1. The van der Waals surface area contributed by atoms with E-state index in [1.165, 1.54) is 0 Å². The van der Waals surface area contributed by atoms with Crippen molar-refractivity contribution in [2.75, 3.05) is 38.0 Å². The first-order valence-electron chi connectivity index (χ1n) is 9.96. The largest absolute Gasteiger partial charge is 0.496 e. The van der Waals surface area contributed by atoms with Crippen LogP contribution in [0, 0.1) is 0 Å². The van der Waals surface area contributed by atoms with Crippen molar-refractivity contribution in [3.63, 3.8) is 0 Å². The number of methoxy groups -OCH3 is 1. The molecule has 0 amide bonds. The number of nitrogens with zero attached hydrogens (tertiary/aromatic N) is 1. The van der Waals surface area contributed by atoms with Gasteiger partial charge in [0.25, 0.3) is 7.37 Å². The Balaban J connectivity index is 2.15. The fourth-order valence-corrected chi connectivity index (χ4v) is 5.82. The van der Waals surface area contributed by atoms with Gasteiger partial charge in [0.15, 0.2) is 0 Å². The van der Waals surface area contributed by atoms with Crippen LogP contribution >= 0.6 is 7.37 Å². The van der Waals surface area contributed by atoms with E-state index in [0.29, 0.717) is 17.7 Å². The van der Waals surface area contributed by atoms with E-state index >= 15 is 0 Å². The molecule has 6 heteroatoms. The van der Waals surface area contributed by atoms with Crippen molar-refractivity contribution < 1.29 is 13.8 Å². The molecule has 0 heterocycles. The molecule has 0 aliphatic rings. The lowest BCUT2D eigenvalue weighted by molar-refractivity contribution is 0.334.